The molecule has 0 atom stereocenters. The second kappa shape index (κ2) is 14.4. The molecule has 0 saturated carbocycles. The summed E-state index contributed by atoms with van der Waals surface area (Å²) >= 11 is 0. The van der Waals surface area contributed by atoms with E-state index in [4.69, 9.17) is 4.42 Å². The van der Waals surface area contributed by atoms with Crippen molar-refractivity contribution >= 4 is 38.8 Å². The van der Waals surface area contributed by atoms with E-state index in [0.717, 1.165) is 61.6 Å². The molecule has 0 aliphatic carbocycles. The molecule has 10 aromatic rings. The number of nitrogens with zero attached hydrogens (tertiary/aromatic N) is 1. The Balaban J connectivity index is 1.05. The van der Waals surface area contributed by atoms with Crippen molar-refractivity contribution in [3.63, 3.8) is 0 Å². The molecule has 0 radical (unpaired) electrons. The molecule has 264 valence electrons. The first-order chi connectivity index (χ1) is 27.8. The van der Waals surface area contributed by atoms with Gasteiger partial charge in [0, 0.05) is 33.6 Å². The fourth-order valence-corrected chi connectivity index (χ4v) is 7.95. The molecule has 0 bridgehead atoms. The lowest BCUT2D eigenvalue weighted by molar-refractivity contribution is 0.632. The lowest BCUT2D eigenvalue weighted by Crippen LogP contribution is -2.10. The van der Waals surface area contributed by atoms with E-state index in [1.54, 1.807) is 0 Å². The number of rotatable bonds is 8. The summed E-state index contributed by atoms with van der Waals surface area (Å²) in [6, 6.07) is 79.9. The standard InChI is InChI=1S/C54H37NO/c1-3-14-38(15-4-1)39-28-32-46(33-29-39)55(48-23-12-21-44(37-48)50-26-13-19-41-16-7-8-24-49(41)50)47-34-30-40(31-35-47)43-20-11-22-45(36-43)54-53(42-17-5-2-6-18-42)51-25-9-10-27-52(51)56-54/h1-37H. The van der Waals surface area contributed by atoms with Crippen LogP contribution in [0.5, 0.6) is 0 Å². The Morgan fingerprint density at radius 1 is 0.304 bits per heavy atom. The van der Waals surface area contributed by atoms with Crippen LogP contribution in [0.15, 0.2) is 229 Å². The molecule has 1 heterocycles. The lowest BCUT2D eigenvalue weighted by atomic mass is 9.96. The number of hydrogen-bond acceptors (Lipinski definition) is 2. The molecule has 0 unspecified atom stereocenters. The summed E-state index contributed by atoms with van der Waals surface area (Å²) in [6.07, 6.45) is 0. The summed E-state index contributed by atoms with van der Waals surface area (Å²) in [7, 11) is 0. The van der Waals surface area contributed by atoms with Crippen LogP contribution in [0.25, 0.3) is 77.6 Å². The number of para-hydroxylation sites is 1. The van der Waals surface area contributed by atoms with Crippen LogP contribution in [-0.4, -0.2) is 0 Å². The summed E-state index contributed by atoms with van der Waals surface area (Å²) in [5.74, 6) is 0.882. The van der Waals surface area contributed by atoms with Gasteiger partial charge in [-0.15, -0.1) is 0 Å². The van der Waals surface area contributed by atoms with E-state index in [1.807, 2.05) is 12.1 Å². The molecule has 0 saturated heterocycles. The molecule has 0 aliphatic heterocycles. The van der Waals surface area contributed by atoms with Crippen LogP contribution in [0.4, 0.5) is 17.1 Å². The van der Waals surface area contributed by atoms with Crippen molar-refractivity contribution in [2.75, 3.05) is 4.90 Å². The van der Waals surface area contributed by atoms with Gasteiger partial charge < -0.3 is 9.32 Å². The Morgan fingerprint density at radius 2 is 0.821 bits per heavy atom. The first kappa shape index (κ1) is 33.2. The molecule has 0 aliphatic rings. The minimum atomic E-state index is 0.882. The van der Waals surface area contributed by atoms with Crippen LogP contribution in [-0.2, 0) is 0 Å². The molecule has 2 nitrogen and oxygen atoms in total. The third kappa shape index (κ3) is 6.24. The van der Waals surface area contributed by atoms with Gasteiger partial charge in [-0.05, 0) is 98.2 Å². The molecule has 2 heteroatoms. The maximum Gasteiger partial charge on any atom is 0.143 e. The molecule has 10 rings (SSSR count). The van der Waals surface area contributed by atoms with Gasteiger partial charge in [0.25, 0.3) is 0 Å². The molecule has 0 spiro atoms. The van der Waals surface area contributed by atoms with Gasteiger partial charge in [-0.3, -0.25) is 0 Å². The van der Waals surface area contributed by atoms with Crippen LogP contribution < -0.4 is 4.90 Å². The van der Waals surface area contributed by atoms with E-state index < -0.39 is 0 Å². The van der Waals surface area contributed by atoms with Gasteiger partial charge in [0.2, 0.25) is 0 Å². The Hall–Kier alpha value is -7.42. The van der Waals surface area contributed by atoms with Gasteiger partial charge in [0.15, 0.2) is 0 Å². The first-order valence-corrected chi connectivity index (χ1v) is 19.1. The molecular weight excluding hydrogens is 679 g/mol. The van der Waals surface area contributed by atoms with Crippen molar-refractivity contribution in [3.8, 4) is 55.8 Å². The van der Waals surface area contributed by atoms with Gasteiger partial charge in [0.1, 0.15) is 11.3 Å². The van der Waals surface area contributed by atoms with E-state index >= 15 is 0 Å². The third-order valence-electron chi connectivity index (χ3n) is 10.7. The van der Waals surface area contributed by atoms with Gasteiger partial charge in [-0.2, -0.15) is 0 Å². The molecule has 1 aromatic heterocycles. The fourth-order valence-electron chi connectivity index (χ4n) is 7.95. The van der Waals surface area contributed by atoms with Crippen LogP contribution in [0.3, 0.4) is 0 Å². The summed E-state index contributed by atoms with van der Waals surface area (Å²) in [5.41, 5.74) is 14.5. The van der Waals surface area contributed by atoms with Gasteiger partial charge in [-0.1, -0.05) is 176 Å². The van der Waals surface area contributed by atoms with Crippen LogP contribution in [0.1, 0.15) is 0 Å². The summed E-state index contributed by atoms with van der Waals surface area (Å²) in [5, 5.41) is 3.60. The molecule has 0 fully saturated rings. The third-order valence-corrected chi connectivity index (χ3v) is 10.7. The number of furan rings is 1. The highest BCUT2D eigenvalue weighted by Crippen LogP contribution is 2.43. The van der Waals surface area contributed by atoms with Crippen molar-refractivity contribution in [1.82, 2.24) is 0 Å². The topological polar surface area (TPSA) is 16.4 Å². The number of benzene rings is 9. The monoisotopic (exact) mass is 715 g/mol. The Kier molecular flexibility index (Phi) is 8.55. The summed E-state index contributed by atoms with van der Waals surface area (Å²) in [4.78, 5) is 2.35. The molecular formula is C54H37NO. The zero-order valence-electron chi connectivity index (χ0n) is 30.7. The van der Waals surface area contributed by atoms with Crippen molar-refractivity contribution in [2.45, 2.75) is 0 Å². The van der Waals surface area contributed by atoms with Gasteiger partial charge in [0.05, 0.1) is 0 Å². The summed E-state index contributed by atoms with van der Waals surface area (Å²) < 4.78 is 6.57. The SMILES string of the molecule is c1ccc(-c2ccc(N(c3ccc(-c4cccc(-c5oc6ccccc6c5-c5ccccc5)c4)cc3)c3cccc(-c4cccc5ccccc45)c3)cc2)cc1. The van der Waals surface area contributed by atoms with E-state index in [1.165, 1.54) is 33.0 Å². The zero-order chi connectivity index (χ0) is 37.3. The Morgan fingerprint density at radius 3 is 1.57 bits per heavy atom. The smallest absolute Gasteiger partial charge is 0.143 e. The van der Waals surface area contributed by atoms with E-state index in [-0.39, 0.29) is 0 Å². The normalized spacial score (nSPS) is 11.2. The van der Waals surface area contributed by atoms with Crippen LogP contribution in [0.2, 0.25) is 0 Å². The summed E-state index contributed by atoms with van der Waals surface area (Å²) in [6.45, 7) is 0. The van der Waals surface area contributed by atoms with Gasteiger partial charge in [-0.25, -0.2) is 0 Å². The van der Waals surface area contributed by atoms with Crippen molar-refractivity contribution in [2.24, 2.45) is 0 Å². The maximum atomic E-state index is 6.57. The second-order valence-electron chi connectivity index (χ2n) is 14.1. The minimum absolute atomic E-state index is 0.882. The highest BCUT2D eigenvalue weighted by atomic mass is 16.3. The number of anilines is 3. The largest absolute Gasteiger partial charge is 0.455 e. The quantitative estimate of drug-likeness (QED) is 0.156. The number of fused-ring (bicyclic) bond motifs is 2. The second-order valence-corrected chi connectivity index (χ2v) is 14.1. The molecule has 0 N–H and O–H groups in total. The maximum absolute atomic E-state index is 6.57. The van der Waals surface area contributed by atoms with Crippen molar-refractivity contribution < 1.29 is 4.42 Å². The van der Waals surface area contributed by atoms with Crippen LogP contribution in [0, 0.1) is 0 Å². The van der Waals surface area contributed by atoms with E-state index in [0.29, 0.717) is 0 Å². The Bertz CT molecular complexity index is 2940. The predicted molar refractivity (Wildman–Crippen MR) is 236 cm³/mol. The van der Waals surface area contributed by atoms with Crippen molar-refractivity contribution in [3.05, 3.63) is 224 Å². The molecule has 9 aromatic carbocycles. The van der Waals surface area contributed by atoms with E-state index in [2.05, 4.69) is 217 Å². The highest BCUT2D eigenvalue weighted by Gasteiger charge is 2.19. The zero-order valence-corrected chi connectivity index (χ0v) is 30.7. The first-order valence-electron chi connectivity index (χ1n) is 19.1. The fraction of sp³-hybridized carbons (Fsp3) is 0. The molecule has 56 heavy (non-hydrogen) atoms. The van der Waals surface area contributed by atoms with E-state index in [9.17, 15) is 0 Å². The van der Waals surface area contributed by atoms with Gasteiger partial charge >= 0.3 is 0 Å². The number of hydrogen-bond donors (Lipinski definition) is 0. The lowest BCUT2D eigenvalue weighted by Gasteiger charge is -2.26. The average molecular weight is 716 g/mol. The predicted octanol–water partition coefficient (Wildman–Crippen LogP) is 15.4. The average Bonchev–Trinajstić information content (AvgIpc) is 3.68. The highest BCUT2D eigenvalue weighted by molar-refractivity contribution is 6.02. The van der Waals surface area contributed by atoms with Crippen LogP contribution >= 0.6 is 0 Å². The molecule has 0 amide bonds. The Labute approximate surface area is 327 Å². The minimum Gasteiger partial charge on any atom is -0.455 e. The van der Waals surface area contributed by atoms with Crippen molar-refractivity contribution in [1.29, 1.82) is 0 Å².